The molecule has 4 rings (SSSR count). The van der Waals surface area contributed by atoms with Gasteiger partial charge in [0.05, 0.1) is 10.6 Å². The Morgan fingerprint density at radius 2 is 2.06 bits per heavy atom. The molecule has 1 aromatic carbocycles. The Bertz CT molecular complexity index is 1160. The number of aliphatic hydroxyl groups is 1. The molecule has 1 aliphatic heterocycles. The second kappa shape index (κ2) is 8.22. The van der Waals surface area contributed by atoms with Crippen molar-refractivity contribution in [1.82, 2.24) is 14.8 Å². The number of amides is 2. The largest absolute Gasteiger partial charge is 0.503 e. The maximum atomic E-state index is 14.1. The zero-order valence-corrected chi connectivity index (χ0v) is 18.2. The van der Waals surface area contributed by atoms with Gasteiger partial charge in [-0.2, -0.15) is 0 Å². The molecular formula is C22H23ClFN3O5. The van der Waals surface area contributed by atoms with Crippen molar-refractivity contribution in [1.29, 1.82) is 0 Å². The number of nitrogens with one attached hydrogen (secondary N) is 1. The van der Waals surface area contributed by atoms with Crippen molar-refractivity contribution in [2.24, 2.45) is 5.92 Å². The number of hydrogen-bond donors (Lipinski definition) is 3. The Labute approximate surface area is 188 Å². The zero-order valence-electron chi connectivity index (χ0n) is 17.4. The minimum atomic E-state index is -0.970. The van der Waals surface area contributed by atoms with Gasteiger partial charge in [-0.25, -0.2) is 4.39 Å². The summed E-state index contributed by atoms with van der Waals surface area (Å²) in [4.78, 5) is 40.1. The molecule has 2 aliphatic rings. The van der Waals surface area contributed by atoms with Gasteiger partial charge in [0, 0.05) is 38.0 Å². The lowest BCUT2D eigenvalue weighted by Crippen LogP contribution is -2.65. The Morgan fingerprint density at radius 1 is 1.34 bits per heavy atom. The van der Waals surface area contributed by atoms with Crippen LogP contribution >= 0.6 is 11.6 Å². The third-order valence-electron chi connectivity index (χ3n) is 6.37. The highest BCUT2D eigenvalue weighted by molar-refractivity contribution is 6.30. The Hall–Kier alpha value is -2.91. The van der Waals surface area contributed by atoms with Crippen molar-refractivity contribution in [3.63, 3.8) is 0 Å². The maximum absolute atomic E-state index is 14.1. The van der Waals surface area contributed by atoms with Crippen LogP contribution in [0.1, 0.15) is 46.2 Å². The van der Waals surface area contributed by atoms with E-state index in [0.29, 0.717) is 19.4 Å². The van der Waals surface area contributed by atoms with Crippen molar-refractivity contribution in [2.75, 3.05) is 13.2 Å². The standard InChI is InChI=1S/C22H23ClFN3O5/c1-2-27-21(32)17-19(30)18(29)14(9-26(17)11-22(27)6-12(7-22)10-28)20(31)25-8-13-4-3-5-15(23)16(13)24/h3-5,9,12,28,30H,2,6-8,10-11H2,1H3,(H,25,31). The number of benzene rings is 1. The molecule has 10 heteroatoms. The Balaban J connectivity index is 1.65. The third-order valence-corrected chi connectivity index (χ3v) is 6.66. The van der Waals surface area contributed by atoms with Gasteiger partial charge in [0.1, 0.15) is 11.4 Å². The van der Waals surface area contributed by atoms with Crippen LogP contribution in [0.25, 0.3) is 0 Å². The molecule has 0 saturated heterocycles. The van der Waals surface area contributed by atoms with E-state index in [-0.39, 0.29) is 47.5 Å². The second-order valence-electron chi connectivity index (χ2n) is 8.32. The molecule has 0 atom stereocenters. The predicted molar refractivity (Wildman–Crippen MR) is 114 cm³/mol. The summed E-state index contributed by atoms with van der Waals surface area (Å²) < 4.78 is 15.5. The molecule has 0 radical (unpaired) electrons. The van der Waals surface area contributed by atoms with Crippen LogP contribution in [-0.4, -0.2) is 50.2 Å². The van der Waals surface area contributed by atoms with Crippen LogP contribution in [0.4, 0.5) is 4.39 Å². The SMILES string of the molecule is CCN1C(=O)c2c(O)c(=O)c(C(=O)NCc3cccc(Cl)c3F)cn2CC12CC(CO)C2. The molecule has 1 aromatic heterocycles. The lowest BCUT2D eigenvalue weighted by molar-refractivity contribution is -0.0478. The van der Waals surface area contributed by atoms with E-state index in [4.69, 9.17) is 11.6 Å². The number of fused-ring (bicyclic) bond motifs is 1. The number of carbonyl (C=O) groups excluding carboxylic acids is 2. The summed E-state index contributed by atoms with van der Waals surface area (Å²) in [5.74, 6) is -2.68. The van der Waals surface area contributed by atoms with Crippen LogP contribution in [-0.2, 0) is 13.1 Å². The van der Waals surface area contributed by atoms with Crippen molar-refractivity contribution < 1.29 is 24.2 Å². The van der Waals surface area contributed by atoms with Crippen LogP contribution in [0.15, 0.2) is 29.2 Å². The molecular weight excluding hydrogens is 441 g/mol. The smallest absolute Gasteiger partial charge is 0.275 e. The van der Waals surface area contributed by atoms with Crippen molar-refractivity contribution in [2.45, 2.75) is 38.4 Å². The number of hydrogen-bond acceptors (Lipinski definition) is 5. The van der Waals surface area contributed by atoms with Crippen molar-refractivity contribution in [3.8, 4) is 5.75 Å². The molecule has 1 saturated carbocycles. The summed E-state index contributed by atoms with van der Waals surface area (Å²) in [6, 6.07) is 4.37. The summed E-state index contributed by atoms with van der Waals surface area (Å²) in [6.07, 6.45) is 2.44. The molecule has 170 valence electrons. The van der Waals surface area contributed by atoms with E-state index in [0.717, 1.165) is 0 Å². The topological polar surface area (TPSA) is 112 Å². The minimum absolute atomic E-state index is 0.0173. The van der Waals surface area contributed by atoms with E-state index in [9.17, 15) is 29.0 Å². The van der Waals surface area contributed by atoms with E-state index >= 15 is 0 Å². The number of aliphatic hydroxyl groups excluding tert-OH is 1. The molecule has 8 nitrogen and oxygen atoms in total. The summed E-state index contributed by atoms with van der Waals surface area (Å²) in [6.45, 7) is 2.29. The fraction of sp³-hybridized carbons (Fsp3) is 0.409. The first kappa shape index (κ1) is 22.3. The van der Waals surface area contributed by atoms with Gasteiger partial charge in [0.15, 0.2) is 11.4 Å². The van der Waals surface area contributed by atoms with Crippen LogP contribution in [0.5, 0.6) is 5.75 Å². The fourth-order valence-electron chi connectivity index (χ4n) is 4.83. The zero-order chi connectivity index (χ0) is 23.2. The first-order chi connectivity index (χ1) is 15.2. The molecule has 2 heterocycles. The predicted octanol–water partition coefficient (Wildman–Crippen LogP) is 1.89. The van der Waals surface area contributed by atoms with Crippen LogP contribution in [0.3, 0.4) is 0 Å². The molecule has 0 bridgehead atoms. The number of halogens is 2. The number of aromatic hydroxyl groups is 1. The Kier molecular flexibility index (Phi) is 5.72. The van der Waals surface area contributed by atoms with Crippen LogP contribution in [0.2, 0.25) is 5.02 Å². The molecule has 2 amide bonds. The molecule has 1 aliphatic carbocycles. The van der Waals surface area contributed by atoms with Gasteiger partial charge >= 0.3 is 0 Å². The van der Waals surface area contributed by atoms with Crippen LogP contribution in [0, 0.1) is 11.7 Å². The van der Waals surface area contributed by atoms with Gasteiger partial charge < -0.3 is 25.0 Å². The van der Waals surface area contributed by atoms with E-state index < -0.39 is 34.3 Å². The van der Waals surface area contributed by atoms with Crippen molar-refractivity contribution in [3.05, 3.63) is 62.3 Å². The highest BCUT2D eigenvalue weighted by Crippen LogP contribution is 2.46. The van der Waals surface area contributed by atoms with Gasteiger partial charge in [-0.1, -0.05) is 23.7 Å². The van der Waals surface area contributed by atoms with Crippen LogP contribution < -0.4 is 10.7 Å². The van der Waals surface area contributed by atoms with Gasteiger partial charge in [0.25, 0.3) is 11.8 Å². The normalized spacial score (nSPS) is 21.9. The summed E-state index contributed by atoms with van der Waals surface area (Å²) in [5, 5.41) is 22.3. The number of nitrogens with zero attached hydrogens (tertiary/aromatic N) is 2. The summed E-state index contributed by atoms with van der Waals surface area (Å²) in [7, 11) is 0. The number of rotatable bonds is 5. The summed E-state index contributed by atoms with van der Waals surface area (Å²) in [5.41, 5.74) is -1.87. The average Bonchev–Trinajstić information content (AvgIpc) is 2.74. The maximum Gasteiger partial charge on any atom is 0.275 e. The first-order valence-electron chi connectivity index (χ1n) is 10.3. The molecule has 32 heavy (non-hydrogen) atoms. The highest BCUT2D eigenvalue weighted by atomic mass is 35.5. The van der Waals surface area contributed by atoms with Gasteiger partial charge in [-0.05, 0) is 31.7 Å². The molecule has 2 aromatic rings. The summed E-state index contributed by atoms with van der Waals surface area (Å²) >= 11 is 5.75. The highest BCUT2D eigenvalue weighted by Gasteiger charge is 2.53. The van der Waals surface area contributed by atoms with Gasteiger partial charge in [-0.3, -0.25) is 14.4 Å². The minimum Gasteiger partial charge on any atom is -0.503 e. The number of aromatic nitrogens is 1. The van der Waals surface area contributed by atoms with E-state index in [1.54, 1.807) is 4.90 Å². The fourth-order valence-corrected chi connectivity index (χ4v) is 5.03. The average molecular weight is 464 g/mol. The van der Waals surface area contributed by atoms with E-state index in [1.165, 1.54) is 29.0 Å². The lowest BCUT2D eigenvalue weighted by atomic mass is 9.66. The molecule has 1 fully saturated rings. The molecule has 0 unspecified atom stereocenters. The van der Waals surface area contributed by atoms with E-state index in [2.05, 4.69) is 5.32 Å². The third kappa shape index (κ3) is 3.45. The van der Waals surface area contributed by atoms with Gasteiger partial charge in [0.2, 0.25) is 5.43 Å². The molecule has 3 N–H and O–H groups in total. The lowest BCUT2D eigenvalue weighted by Gasteiger charge is -2.56. The second-order valence-corrected chi connectivity index (χ2v) is 8.73. The number of carbonyl (C=O) groups is 2. The van der Waals surface area contributed by atoms with E-state index in [1.807, 2.05) is 6.92 Å². The number of likely N-dealkylation sites (N-methyl/N-ethyl adjacent to an activating group) is 1. The Morgan fingerprint density at radius 3 is 2.72 bits per heavy atom. The quantitative estimate of drug-likeness (QED) is 0.627. The van der Waals surface area contributed by atoms with Gasteiger partial charge in [-0.15, -0.1) is 0 Å². The number of pyridine rings is 1. The first-order valence-corrected chi connectivity index (χ1v) is 10.7. The molecule has 1 spiro atoms. The monoisotopic (exact) mass is 463 g/mol. The van der Waals surface area contributed by atoms with Crippen molar-refractivity contribution >= 4 is 23.4 Å².